The first-order valence-electron chi connectivity index (χ1n) is 6.93. The summed E-state index contributed by atoms with van der Waals surface area (Å²) in [6, 6.07) is 6.19. The van der Waals surface area contributed by atoms with Gasteiger partial charge in [-0.2, -0.15) is 13.2 Å². The van der Waals surface area contributed by atoms with Crippen LogP contribution in [0.5, 0.6) is 0 Å². The van der Waals surface area contributed by atoms with Crippen LogP contribution >= 0.6 is 0 Å². The molecule has 2 N–H and O–H groups in total. The molecule has 0 bridgehead atoms. The maximum absolute atomic E-state index is 13.2. The molecule has 112 valence electrons. The standard InChI is InChI=1S/C15H20F3NO/c16-15(17,18)13(12-6-2-1-3-7-12)19-10-14(11-20)8-4-5-9-14/h1-3,6-7,13,19-20H,4-5,8-11H2. The molecule has 0 radical (unpaired) electrons. The zero-order chi connectivity index (χ0) is 14.6. The molecule has 1 aromatic rings. The highest BCUT2D eigenvalue weighted by Crippen LogP contribution is 2.39. The van der Waals surface area contributed by atoms with Crippen molar-refractivity contribution < 1.29 is 18.3 Å². The van der Waals surface area contributed by atoms with E-state index in [1.807, 2.05) is 0 Å². The first-order chi connectivity index (χ1) is 9.47. The van der Waals surface area contributed by atoms with Gasteiger partial charge in [-0.1, -0.05) is 43.2 Å². The van der Waals surface area contributed by atoms with Gasteiger partial charge >= 0.3 is 6.18 Å². The third-order valence-corrected chi connectivity index (χ3v) is 4.14. The lowest BCUT2D eigenvalue weighted by molar-refractivity contribution is -0.159. The molecule has 1 saturated carbocycles. The Hall–Kier alpha value is -1.07. The van der Waals surface area contributed by atoms with Crippen molar-refractivity contribution in [2.45, 2.75) is 37.9 Å². The molecule has 0 aromatic heterocycles. The summed E-state index contributed by atoms with van der Waals surface area (Å²) in [4.78, 5) is 0. The highest BCUT2D eigenvalue weighted by molar-refractivity contribution is 5.20. The SMILES string of the molecule is OCC1(CNC(c2ccccc2)C(F)(F)F)CCCC1. The van der Waals surface area contributed by atoms with E-state index >= 15 is 0 Å². The van der Waals surface area contributed by atoms with Gasteiger partial charge in [0.2, 0.25) is 0 Å². The van der Waals surface area contributed by atoms with Crippen LogP contribution in [0.1, 0.15) is 37.3 Å². The summed E-state index contributed by atoms with van der Waals surface area (Å²) in [6.07, 6.45) is -0.809. The molecular weight excluding hydrogens is 267 g/mol. The maximum Gasteiger partial charge on any atom is 0.407 e. The molecule has 1 aromatic carbocycles. The van der Waals surface area contributed by atoms with E-state index in [1.54, 1.807) is 18.2 Å². The van der Waals surface area contributed by atoms with Gasteiger partial charge in [-0.05, 0) is 18.4 Å². The normalized spacial score (nSPS) is 20.0. The van der Waals surface area contributed by atoms with E-state index < -0.39 is 17.6 Å². The van der Waals surface area contributed by atoms with Gasteiger partial charge in [-0.3, -0.25) is 0 Å². The molecule has 2 nitrogen and oxygen atoms in total. The number of aliphatic hydroxyl groups is 1. The van der Waals surface area contributed by atoms with Crippen LogP contribution < -0.4 is 5.32 Å². The molecule has 20 heavy (non-hydrogen) atoms. The van der Waals surface area contributed by atoms with Gasteiger partial charge in [0.15, 0.2) is 0 Å². The van der Waals surface area contributed by atoms with Crippen LogP contribution in [-0.4, -0.2) is 24.4 Å². The second-order valence-electron chi connectivity index (χ2n) is 5.63. The minimum atomic E-state index is -4.34. The second kappa shape index (κ2) is 6.14. The van der Waals surface area contributed by atoms with E-state index in [0.717, 1.165) is 25.7 Å². The number of rotatable bonds is 5. The average Bonchev–Trinajstić information content (AvgIpc) is 2.88. The van der Waals surface area contributed by atoms with Crippen molar-refractivity contribution in [1.82, 2.24) is 5.32 Å². The molecule has 0 saturated heterocycles. The van der Waals surface area contributed by atoms with Crippen LogP contribution in [-0.2, 0) is 0 Å². The average molecular weight is 287 g/mol. The zero-order valence-corrected chi connectivity index (χ0v) is 11.3. The minimum Gasteiger partial charge on any atom is -0.396 e. The lowest BCUT2D eigenvalue weighted by Gasteiger charge is -2.30. The molecule has 0 heterocycles. The van der Waals surface area contributed by atoms with Gasteiger partial charge in [-0.25, -0.2) is 0 Å². The fourth-order valence-corrected chi connectivity index (χ4v) is 2.90. The van der Waals surface area contributed by atoms with Crippen molar-refractivity contribution in [2.75, 3.05) is 13.2 Å². The third kappa shape index (κ3) is 3.52. The van der Waals surface area contributed by atoms with Crippen LogP contribution in [0.2, 0.25) is 0 Å². The molecule has 1 atom stereocenters. The molecule has 0 amide bonds. The van der Waals surface area contributed by atoms with Crippen LogP contribution in [0.25, 0.3) is 0 Å². The Kier molecular flexibility index (Phi) is 4.70. The van der Waals surface area contributed by atoms with E-state index in [1.165, 1.54) is 12.1 Å². The first kappa shape index (κ1) is 15.3. The second-order valence-corrected chi connectivity index (χ2v) is 5.63. The molecule has 5 heteroatoms. The Bertz CT molecular complexity index is 413. The Morgan fingerprint density at radius 1 is 1.15 bits per heavy atom. The fraction of sp³-hybridized carbons (Fsp3) is 0.600. The fourth-order valence-electron chi connectivity index (χ4n) is 2.90. The number of nitrogens with one attached hydrogen (secondary N) is 1. The number of hydrogen-bond donors (Lipinski definition) is 2. The van der Waals surface area contributed by atoms with Gasteiger partial charge in [0, 0.05) is 18.6 Å². The largest absolute Gasteiger partial charge is 0.407 e. The van der Waals surface area contributed by atoms with Gasteiger partial charge in [0.25, 0.3) is 0 Å². The number of alkyl halides is 3. The molecule has 2 rings (SSSR count). The molecule has 1 aliphatic rings. The summed E-state index contributed by atoms with van der Waals surface area (Å²) in [7, 11) is 0. The lowest BCUT2D eigenvalue weighted by atomic mass is 9.86. The third-order valence-electron chi connectivity index (χ3n) is 4.14. The van der Waals surface area contributed by atoms with E-state index in [9.17, 15) is 18.3 Å². The summed E-state index contributed by atoms with van der Waals surface area (Å²) in [5, 5.41) is 12.1. The van der Waals surface area contributed by atoms with Crippen molar-refractivity contribution in [2.24, 2.45) is 5.41 Å². The molecular formula is C15H20F3NO. The number of aliphatic hydroxyl groups excluding tert-OH is 1. The van der Waals surface area contributed by atoms with Gasteiger partial charge in [0.05, 0.1) is 0 Å². The molecule has 0 aliphatic heterocycles. The number of halogens is 3. The number of benzene rings is 1. The quantitative estimate of drug-likeness (QED) is 0.869. The van der Waals surface area contributed by atoms with Crippen molar-refractivity contribution >= 4 is 0 Å². The summed E-state index contributed by atoms with van der Waals surface area (Å²) in [5.41, 5.74) is -0.177. The van der Waals surface area contributed by atoms with Crippen LogP contribution in [0.4, 0.5) is 13.2 Å². The van der Waals surface area contributed by atoms with Gasteiger partial charge in [-0.15, -0.1) is 0 Å². The van der Waals surface area contributed by atoms with E-state index in [2.05, 4.69) is 5.32 Å². The topological polar surface area (TPSA) is 32.3 Å². The summed E-state index contributed by atoms with van der Waals surface area (Å²) in [6.45, 7) is 0.141. The molecule has 1 unspecified atom stereocenters. The predicted octanol–water partition coefficient (Wildman–Crippen LogP) is 3.43. The number of hydrogen-bond acceptors (Lipinski definition) is 2. The minimum absolute atomic E-state index is 0.0562. The van der Waals surface area contributed by atoms with E-state index in [0.29, 0.717) is 0 Å². The van der Waals surface area contributed by atoms with Crippen molar-refractivity contribution in [1.29, 1.82) is 0 Å². The first-order valence-corrected chi connectivity index (χ1v) is 6.93. The lowest BCUT2D eigenvalue weighted by Crippen LogP contribution is -2.42. The molecule has 1 fully saturated rings. The molecule has 1 aliphatic carbocycles. The summed E-state index contributed by atoms with van der Waals surface area (Å²) in [5.74, 6) is 0. The smallest absolute Gasteiger partial charge is 0.396 e. The van der Waals surface area contributed by atoms with Gasteiger partial charge < -0.3 is 10.4 Å². The van der Waals surface area contributed by atoms with Gasteiger partial charge in [0.1, 0.15) is 6.04 Å². The zero-order valence-electron chi connectivity index (χ0n) is 11.3. The Morgan fingerprint density at radius 2 is 1.75 bits per heavy atom. The Morgan fingerprint density at radius 3 is 2.25 bits per heavy atom. The van der Waals surface area contributed by atoms with E-state index in [-0.39, 0.29) is 18.7 Å². The van der Waals surface area contributed by atoms with Crippen LogP contribution in [0, 0.1) is 5.41 Å². The van der Waals surface area contributed by atoms with Crippen LogP contribution in [0.3, 0.4) is 0 Å². The highest BCUT2D eigenvalue weighted by Gasteiger charge is 2.42. The van der Waals surface area contributed by atoms with Crippen molar-refractivity contribution in [3.8, 4) is 0 Å². The summed E-state index contributed by atoms with van der Waals surface area (Å²) >= 11 is 0. The maximum atomic E-state index is 13.2. The summed E-state index contributed by atoms with van der Waals surface area (Å²) < 4.78 is 39.6. The molecule has 0 spiro atoms. The van der Waals surface area contributed by atoms with Crippen molar-refractivity contribution in [3.63, 3.8) is 0 Å². The van der Waals surface area contributed by atoms with E-state index in [4.69, 9.17) is 0 Å². The predicted molar refractivity (Wildman–Crippen MR) is 71.2 cm³/mol. The van der Waals surface area contributed by atoms with Crippen molar-refractivity contribution in [3.05, 3.63) is 35.9 Å². The Labute approximate surface area is 117 Å². The van der Waals surface area contributed by atoms with Crippen LogP contribution in [0.15, 0.2) is 30.3 Å². The Balaban J connectivity index is 2.09. The highest BCUT2D eigenvalue weighted by atomic mass is 19.4. The monoisotopic (exact) mass is 287 g/mol.